The molecule has 0 aliphatic heterocycles. The standard InChI is InChI=1S/C6H6F2IN3/c7-6(8)5-3(9)4(11)2(10)1-12-5/h1,6H,10H2,(H2,11,12). The zero-order valence-electron chi connectivity index (χ0n) is 5.89. The van der Waals surface area contributed by atoms with Gasteiger partial charge in [-0.25, -0.2) is 8.78 Å². The van der Waals surface area contributed by atoms with Crippen LogP contribution in [-0.2, 0) is 0 Å². The molecule has 0 saturated heterocycles. The fourth-order valence-corrected chi connectivity index (χ4v) is 1.37. The van der Waals surface area contributed by atoms with Crippen LogP contribution in [-0.4, -0.2) is 4.98 Å². The maximum atomic E-state index is 12.2. The van der Waals surface area contributed by atoms with Gasteiger partial charge in [0.1, 0.15) is 5.69 Å². The van der Waals surface area contributed by atoms with Gasteiger partial charge in [-0.1, -0.05) is 0 Å². The summed E-state index contributed by atoms with van der Waals surface area (Å²) in [5.74, 6) is 0. The molecule has 4 N–H and O–H groups in total. The molecule has 3 nitrogen and oxygen atoms in total. The van der Waals surface area contributed by atoms with Gasteiger partial charge in [0.05, 0.1) is 21.1 Å². The number of alkyl halides is 2. The van der Waals surface area contributed by atoms with E-state index in [1.165, 1.54) is 0 Å². The second-order valence-corrected chi connectivity index (χ2v) is 3.21. The number of anilines is 2. The van der Waals surface area contributed by atoms with Gasteiger partial charge in [0.2, 0.25) is 0 Å². The van der Waals surface area contributed by atoms with E-state index in [1.54, 1.807) is 22.6 Å². The van der Waals surface area contributed by atoms with Crippen molar-refractivity contribution in [2.45, 2.75) is 6.43 Å². The Balaban J connectivity index is 3.27. The molecule has 1 heterocycles. The van der Waals surface area contributed by atoms with Gasteiger partial charge in [0.15, 0.2) is 0 Å². The molecule has 1 aromatic rings. The summed E-state index contributed by atoms with van der Waals surface area (Å²) < 4.78 is 24.6. The van der Waals surface area contributed by atoms with Crippen LogP contribution < -0.4 is 11.5 Å². The monoisotopic (exact) mass is 285 g/mol. The maximum absolute atomic E-state index is 12.2. The summed E-state index contributed by atoms with van der Waals surface area (Å²) in [4.78, 5) is 3.48. The molecule has 0 aliphatic carbocycles. The lowest BCUT2D eigenvalue weighted by molar-refractivity contribution is 0.145. The molecule has 0 saturated carbocycles. The minimum atomic E-state index is -2.61. The van der Waals surface area contributed by atoms with E-state index in [0.717, 1.165) is 6.20 Å². The fraction of sp³-hybridized carbons (Fsp3) is 0.167. The second-order valence-electron chi connectivity index (χ2n) is 2.13. The van der Waals surface area contributed by atoms with E-state index in [-0.39, 0.29) is 20.6 Å². The molecule has 66 valence electrons. The fourth-order valence-electron chi connectivity index (χ4n) is 0.682. The molecule has 1 rings (SSSR count). The molecule has 0 unspecified atom stereocenters. The van der Waals surface area contributed by atoms with Crippen molar-refractivity contribution in [2.75, 3.05) is 11.5 Å². The molecular weight excluding hydrogens is 279 g/mol. The topological polar surface area (TPSA) is 64.9 Å². The van der Waals surface area contributed by atoms with Crippen LogP contribution in [0.3, 0.4) is 0 Å². The normalized spacial score (nSPS) is 10.7. The minimum Gasteiger partial charge on any atom is -0.396 e. The smallest absolute Gasteiger partial charge is 0.281 e. The second kappa shape index (κ2) is 3.38. The number of pyridine rings is 1. The Hall–Kier alpha value is -0.660. The van der Waals surface area contributed by atoms with Crippen molar-refractivity contribution in [1.29, 1.82) is 0 Å². The van der Waals surface area contributed by atoms with E-state index in [2.05, 4.69) is 4.98 Å². The number of nitrogen functional groups attached to an aromatic ring is 2. The summed E-state index contributed by atoms with van der Waals surface area (Å²) in [6.45, 7) is 0. The molecule has 12 heavy (non-hydrogen) atoms. The van der Waals surface area contributed by atoms with Gasteiger partial charge in [0.25, 0.3) is 6.43 Å². The third-order valence-electron chi connectivity index (χ3n) is 1.32. The van der Waals surface area contributed by atoms with Crippen molar-refractivity contribution in [3.8, 4) is 0 Å². The highest BCUT2D eigenvalue weighted by molar-refractivity contribution is 14.1. The van der Waals surface area contributed by atoms with Gasteiger partial charge in [-0.05, 0) is 22.6 Å². The number of nitrogens with zero attached hydrogens (tertiary/aromatic N) is 1. The Kier molecular flexibility index (Phi) is 2.65. The molecule has 0 atom stereocenters. The first-order valence-corrected chi connectivity index (χ1v) is 4.09. The molecule has 0 aromatic carbocycles. The van der Waals surface area contributed by atoms with Crippen molar-refractivity contribution >= 4 is 34.0 Å². The van der Waals surface area contributed by atoms with Gasteiger partial charge in [-0.2, -0.15) is 0 Å². The molecule has 0 aliphatic rings. The first-order chi connectivity index (χ1) is 5.54. The summed E-state index contributed by atoms with van der Waals surface area (Å²) in [5, 5.41) is 0. The zero-order chi connectivity index (χ0) is 9.30. The van der Waals surface area contributed by atoms with Crippen molar-refractivity contribution in [2.24, 2.45) is 0 Å². The maximum Gasteiger partial charge on any atom is 0.281 e. The van der Waals surface area contributed by atoms with E-state index < -0.39 is 6.43 Å². The third-order valence-corrected chi connectivity index (χ3v) is 2.46. The Morgan fingerprint density at radius 3 is 2.50 bits per heavy atom. The molecule has 0 bridgehead atoms. The van der Waals surface area contributed by atoms with E-state index in [4.69, 9.17) is 11.5 Å². The highest BCUT2D eigenvalue weighted by Crippen LogP contribution is 2.29. The van der Waals surface area contributed by atoms with Crippen LogP contribution in [0.1, 0.15) is 12.1 Å². The minimum absolute atomic E-state index is 0.168. The van der Waals surface area contributed by atoms with Crippen molar-refractivity contribution in [1.82, 2.24) is 4.98 Å². The van der Waals surface area contributed by atoms with Crippen molar-refractivity contribution in [3.05, 3.63) is 15.5 Å². The predicted octanol–water partition coefficient (Wildman–Crippen LogP) is 1.79. The number of aromatic nitrogens is 1. The van der Waals surface area contributed by atoms with Crippen molar-refractivity contribution < 1.29 is 8.78 Å². The molecule has 0 fully saturated rings. The largest absolute Gasteiger partial charge is 0.396 e. The Bertz CT molecular complexity index is 303. The first kappa shape index (κ1) is 9.43. The van der Waals surface area contributed by atoms with E-state index >= 15 is 0 Å². The lowest BCUT2D eigenvalue weighted by Crippen LogP contribution is -2.03. The predicted molar refractivity (Wildman–Crippen MR) is 50.7 cm³/mol. The average Bonchev–Trinajstić information content (AvgIpc) is 2.00. The summed E-state index contributed by atoms with van der Waals surface area (Å²) in [5.41, 5.74) is 10.8. The van der Waals surface area contributed by atoms with Gasteiger partial charge >= 0.3 is 0 Å². The quantitative estimate of drug-likeness (QED) is 0.773. The molecule has 6 heteroatoms. The van der Waals surface area contributed by atoms with Crippen LogP contribution in [0, 0.1) is 3.57 Å². The number of rotatable bonds is 1. The van der Waals surface area contributed by atoms with Crippen LogP contribution in [0.4, 0.5) is 20.2 Å². The van der Waals surface area contributed by atoms with Gasteiger partial charge < -0.3 is 11.5 Å². The van der Waals surface area contributed by atoms with E-state index in [0.29, 0.717) is 0 Å². The van der Waals surface area contributed by atoms with Crippen LogP contribution in [0.15, 0.2) is 6.20 Å². The Labute approximate surface area is 81.3 Å². The van der Waals surface area contributed by atoms with Gasteiger partial charge in [0, 0.05) is 0 Å². The average molecular weight is 285 g/mol. The summed E-state index contributed by atoms with van der Waals surface area (Å²) >= 11 is 1.70. The molecule has 0 amide bonds. The molecule has 0 spiro atoms. The first-order valence-electron chi connectivity index (χ1n) is 3.01. The summed E-state index contributed by atoms with van der Waals surface area (Å²) in [6.07, 6.45) is -1.47. The number of nitrogens with two attached hydrogens (primary N) is 2. The van der Waals surface area contributed by atoms with E-state index in [1.807, 2.05) is 0 Å². The third kappa shape index (κ3) is 1.57. The van der Waals surface area contributed by atoms with Crippen LogP contribution >= 0.6 is 22.6 Å². The summed E-state index contributed by atoms with van der Waals surface area (Å²) in [7, 11) is 0. The van der Waals surface area contributed by atoms with Crippen LogP contribution in [0.2, 0.25) is 0 Å². The molecule has 0 radical (unpaired) electrons. The SMILES string of the molecule is Nc1cnc(C(F)F)c(I)c1N. The number of hydrogen-bond acceptors (Lipinski definition) is 3. The number of halogens is 3. The van der Waals surface area contributed by atoms with E-state index in [9.17, 15) is 8.78 Å². The van der Waals surface area contributed by atoms with Crippen LogP contribution in [0.25, 0.3) is 0 Å². The van der Waals surface area contributed by atoms with Crippen LogP contribution in [0.5, 0.6) is 0 Å². The Morgan fingerprint density at radius 1 is 1.42 bits per heavy atom. The van der Waals surface area contributed by atoms with Gasteiger partial charge in [-0.15, -0.1) is 0 Å². The lowest BCUT2D eigenvalue weighted by Gasteiger charge is -2.06. The number of hydrogen-bond donors (Lipinski definition) is 2. The Morgan fingerprint density at radius 2 is 2.00 bits per heavy atom. The molecular formula is C6H6F2IN3. The highest BCUT2D eigenvalue weighted by Gasteiger charge is 2.16. The zero-order valence-corrected chi connectivity index (χ0v) is 8.05. The molecule has 1 aromatic heterocycles. The lowest BCUT2D eigenvalue weighted by atomic mass is 10.3. The van der Waals surface area contributed by atoms with Crippen molar-refractivity contribution in [3.63, 3.8) is 0 Å². The summed E-state index contributed by atoms with van der Waals surface area (Å²) in [6, 6.07) is 0. The highest BCUT2D eigenvalue weighted by atomic mass is 127. The van der Waals surface area contributed by atoms with Gasteiger partial charge in [-0.3, -0.25) is 4.98 Å².